The van der Waals surface area contributed by atoms with E-state index in [1.54, 1.807) is 0 Å². The lowest BCUT2D eigenvalue weighted by Gasteiger charge is -2.18. The van der Waals surface area contributed by atoms with E-state index in [4.69, 9.17) is 0 Å². The van der Waals surface area contributed by atoms with Crippen LogP contribution in [0.4, 0.5) is 52.7 Å². The van der Waals surface area contributed by atoms with Crippen LogP contribution in [0.1, 0.15) is 43.0 Å². The van der Waals surface area contributed by atoms with E-state index < -0.39 is 69.9 Å². The third-order valence-electron chi connectivity index (χ3n) is 8.94. The SMILES string of the molecule is CN1C(=O)c2cccc(-n3c4c(-c5cc(C(F)(F)F)cc(C(F)(F)F)c5)cccc4c4cccc(-c5cc(C(F)(F)F)cc(C(F)(F)F)c5)c43)c2C1=O. The maximum Gasteiger partial charge on any atom is 0.416 e. The molecule has 53 heavy (non-hydrogen) atoms. The molecule has 2 heterocycles. The Labute approximate surface area is 289 Å². The van der Waals surface area contributed by atoms with E-state index in [0.29, 0.717) is 24.3 Å². The molecule has 0 spiro atoms. The molecule has 1 aliphatic rings. The number of para-hydroxylation sites is 2. The number of aromatic nitrogens is 1. The standard InChI is InChI=1S/C37H18F12N2O2/c1-50-32(52)27-9-4-10-28(29(27)33(50)53)51-30-23(17-11-19(34(38,39)40)15-20(12-17)35(41,42)43)5-2-7-25(30)26-8-3-6-24(31(26)51)18-13-21(36(44,45)46)16-22(14-18)37(47,48)49/h2-16H,1H3. The molecule has 7 rings (SSSR count). The molecule has 1 aromatic heterocycles. The maximum absolute atomic E-state index is 14.0. The average molecular weight is 751 g/mol. The predicted molar refractivity (Wildman–Crippen MR) is 168 cm³/mol. The molecule has 0 fully saturated rings. The minimum Gasteiger partial charge on any atom is -0.307 e. The summed E-state index contributed by atoms with van der Waals surface area (Å²) in [6.45, 7) is 0. The van der Waals surface area contributed by atoms with Gasteiger partial charge in [0.05, 0.1) is 50.1 Å². The summed E-state index contributed by atoms with van der Waals surface area (Å²) in [6, 6.07) is 13.4. The molecule has 272 valence electrons. The van der Waals surface area contributed by atoms with Crippen LogP contribution in [-0.2, 0) is 24.7 Å². The number of amides is 2. The summed E-state index contributed by atoms with van der Waals surface area (Å²) >= 11 is 0. The first-order valence-electron chi connectivity index (χ1n) is 15.2. The van der Waals surface area contributed by atoms with Gasteiger partial charge in [0.1, 0.15) is 0 Å². The van der Waals surface area contributed by atoms with E-state index in [2.05, 4.69) is 0 Å². The van der Waals surface area contributed by atoms with Gasteiger partial charge in [-0.25, -0.2) is 0 Å². The highest BCUT2D eigenvalue weighted by Crippen LogP contribution is 2.47. The van der Waals surface area contributed by atoms with Crippen LogP contribution in [0.25, 0.3) is 49.7 Å². The fraction of sp³-hybridized carbons (Fsp3) is 0.135. The number of carbonyl (C=O) groups excluding carboxylic acids is 2. The Morgan fingerprint density at radius 3 is 1.19 bits per heavy atom. The minimum atomic E-state index is -5.25. The summed E-state index contributed by atoms with van der Waals surface area (Å²) in [6.07, 6.45) is -21.0. The number of carbonyl (C=O) groups is 2. The first-order valence-corrected chi connectivity index (χ1v) is 15.2. The van der Waals surface area contributed by atoms with Crippen molar-refractivity contribution < 1.29 is 62.3 Å². The Morgan fingerprint density at radius 1 is 0.453 bits per heavy atom. The number of hydrogen-bond acceptors (Lipinski definition) is 2. The molecule has 0 radical (unpaired) electrons. The van der Waals surface area contributed by atoms with E-state index >= 15 is 0 Å². The lowest BCUT2D eigenvalue weighted by atomic mass is 9.96. The van der Waals surface area contributed by atoms with Gasteiger partial charge in [0.25, 0.3) is 11.8 Å². The zero-order chi connectivity index (χ0) is 38.6. The highest BCUT2D eigenvalue weighted by molar-refractivity contribution is 6.24. The normalized spacial score (nSPS) is 14.2. The molecule has 0 saturated heterocycles. The Kier molecular flexibility index (Phi) is 7.79. The molecule has 0 bridgehead atoms. The Bertz CT molecular complexity index is 2320. The molecule has 0 saturated carbocycles. The third kappa shape index (κ3) is 5.85. The van der Waals surface area contributed by atoms with Gasteiger partial charge >= 0.3 is 24.7 Å². The summed E-state index contributed by atoms with van der Waals surface area (Å²) in [5.41, 5.74) is -9.30. The van der Waals surface area contributed by atoms with Crippen molar-refractivity contribution >= 4 is 33.6 Å². The van der Waals surface area contributed by atoms with Gasteiger partial charge in [0, 0.05) is 28.9 Å². The van der Waals surface area contributed by atoms with Crippen LogP contribution in [0.3, 0.4) is 0 Å². The second-order valence-electron chi connectivity index (χ2n) is 12.2. The average Bonchev–Trinajstić information content (AvgIpc) is 3.53. The molecular formula is C37H18F12N2O2. The lowest BCUT2D eigenvalue weighted by Crippen LogP contribution is -2.24. The van der Waals surface area contributed by atoms with Gasteiger partial charge in [-0.3, -0.25) is 14.5 Å². The van der Waals surface area contributed by atoms with Crippen molar-refractivity contribution in [2.45, 2.75) is 24.7 Å². The number of fused-ring (bicyclic) bond motifs is 4. The summed E-state index contributed by atoms with van der Waals surface area (Å²) in [5.74, 6) is -1.64. The molecule has 2 amide bonds. The van der Waals surface area contributed by atoms with Gasteiger partial charge in [0.15, 0.2) is 0 Å². The summed E-state index contributed by atoms with van der Waals surface area (Å²) < 4.78 is 169. The van der Waals surface area contributed by atoms with Gasteiger partial charge in [-0.15, -0.1) is 0 Å². The van der Waals surface area contributed by atoms with Crippen molar-refractivity contribution in [3.05, 3.63) is 124 Å². The first kappa shape index (κ1) is 35.6. The number of imide groups is 1. The fourth-order valence-corrected chi connectivity index (χ4v) is 6.61. The number of alkyl halides is 12. The third-order valence-corrected chi connectivity index (χ3v) is 8.94. The van der Waals surface area contributed by atoms with E-state index in [0.717, 1.165) is 11.9 Å². The van der Waals surface area contributed by atoms with Crippen LogP contribution < -0.4 is 0 Å². The zero-order valence-corrected chi connectivity index (χ0v) is 26.4. The topological polar surface area (TPSA) is 42.3 Å². The summed E-state index contributed by atoms with van der Waals surface area (Å²) in [7, 11) is 1.15. The lowest BCUT2D eigenvalue weighted by molar-refractivity contribution is -0.144. The van der Waals surface area contributed by atoms with Crippen LogP contribution >= 0.6 is 0 Å². The van der Waals surface area contributed by atoms with Crippen molar-refractivity contribution in [1.29, 1.82) is 0 Å². The van der Waals surface area contributed by atoms with Crippen molar-refractivity contribution in [3.63, 3.8) is 0 Å². The fourth-order valence-electron chi connectivity index (χ4n) is 6.61. The molecule has 1 aliphatic heterocycles. The number of halogens is 12. The zero-order valence-electron chi connectivity index (χ0n) is 26.4. The highest BCUT2D eigenvalue weighted by Gasteiger charge is 2.40. The quantitative estimate of drug-likeness (QED) is 0.134. The molecule has 0 N–H and O–H groups in total. The Balaban J connectivity index is 1.69. The number of benzene rings is 5. The Morgan fingerprint density at radius 2 is 0.811 bits per heavy atom. The van der Waals surface area contributed by atoms with Gasteiger partial charge in [-0.2, -0.15) is 52.7 Å². The molecule has 0 atom stereocenters. The number of nitrogens with zero attached hydrogens (tertiary/aromatic N) is 2. The smallest absolute Gasteiger partial charge is 0.307 e. The van der Waals surface area contributed by atoms with Crippen molar-refractivity contribution in [1.82, 2.24) is 9.47 Å². The van der Waals surface area contributed by atoms with Crippen LogP contribution in [0.15, 0.2) is 91.0 Å². The number of rotatable bonds is 3. The van der Waals surface area contributed by atoms with Crippen LogP contribution in [0.2, 0.25) is 0 Å². The van der Waals surface area contributed by atoms with Gasteiger partial charge in [-0.05, 0) is 59.7 Å². The number of hydrogen-bond donors (Lipinski definition) is 0. The molecule has 5 aromatic carbocycles. The molecular weight excluding hydrogens is 732 g/mol. The monoisotopic (exact) mass is 750 g/mol. The minimum absolute atomic E-state index is 0.0760. The van der Waals surface area contributed by atoms with Crippen LogP contribution in [0.5, 0.6) is 0 Å². The second-order valence-corrected chi connectivity index (χ2v) is 12.2. The van der Waals surface area contributed by atoms with E-state index in [-0.39, 0.29) is 61.9 Å². The molecule has 4 nitrogen and oxygen atoms in total. The van der Waals surface area contributed by atoms with Crippen LogP contribution in [-0.4, -0.2) is 28.3 Å². The van der Waals surface area contributed by atoms with Gasteiger partial charge in [-0.1, -0.05) is 42.5 Å². The van der Waals surface area contributed by atoms with Crippen molar-refractivity contribution in [3.8, 4) is 27.9 Å². The van der Waals surface area contributed by atoms with E-state index in [1.807, 2.05) is 0 Å². The molecule has 0 aliphatic carbocycles. The van der Waals surface area contributed by atoms with E-state index in [1.165, 1.54) is 59.2 Å². The molecule has 16 heteroatoms. The largest absolute Gasteiger partial charge is 0.416 e. The summed E-state index contributed by atoms with van der Waals surface area (Å²) in [5, 5.41) is 0.187. The first-order chi connectivity index (χ1) is 24.6. The summed E-state index contributed by atoms with van der Waals surface area (Å²) in [4.78, 5) is 27.3. The van der Waals surface area contributed by atoms with Crippen LogP contribution in [0, 0.1) is 0 Å². The van der Waals surface area contributed by atoms with Crippen molar-refractivity contribution in [2.24, 2.45) is 0 Å². The van der Waals surface area contributed by atoms with Gasteiger partial charge < -0.3 is 4.57 Å². The van der Waals surface area contributed by atoms with E-state index in [9.17, 15) is 62.3 Å². The Hall–Kier alpha value is -5.80. The second kappa shape index (κ2) is 11.6. The predicted octanol–water partition coefficient (Wildman–Crippen LogP) is 11.4. The van der Waals surface area contributed by atoms with Crippen molar-refractivity contribution in [2.75, 3.05) is 7.05 Å². The molecule has 6 aromatic rings. The molecule has 0 unspecified atom stereocenters. The highest BCUT2D eigenvalue weighted by atomic mass is 19.4. The maximum atomic E-state index is 14.0. The van der Waals surface area contributed by atoms with Gasteiger partial charge in [0.2, 0.25) is 0 Å².